The van der Waals surface area contributed by atoms with Crippen molar-refractivity contribution in [2.45, 2.75) is 17.7 Å². The zero-order valence-electron chi connectivity index (χ0n) is 10.7. The number of nitrogens with one attached hydrogen (secondary N) is 1. The van der Waals surface area contributed by atoms with E-state index in [1.54, 1.807) is 12.1 Å². The molecule has 1 aromatic carbocycles. The Morgan fingerprint density at radius 3 is 2.60 bits per heavy atom. The van der Waals surface area contributed by atoms with Crippen LogP contribution in [-0.4, -0.2) is 34.9 Å². The van der Waals surface area contributed by atoms with Crippen LogP contribution in [0.25, 0.3) is 0 Å². The molecule has 112 valence electrons. The summed E-state index contributed by atoms with van der Waals surface area (Å²) in [5.41, 5.74) is 0. The molecule has 1 aliphatic heterocycles. The van der Waals surface area contributed by atoms with E-state index in [-0.39, 0.29) is 33.9 Å². The van der Waals surface area contributed by atoms with Gasteiger partial charge in [0.05, 0.1) is 16.5 Å². The van der Waals surface area contributed by atoms with Crippen molar-refractivity contribution in [2.75, 3.05) is 18.1 Å². The van der Waals surface area contributed by atoms with E-state index in [4.69, 9.17) is 11.6 Å². The highest BCUT2D eigenvalue weighted by Crippen LogP contribution is 2.22. The van der Waals surface area contributed by atoms with Gasteiger partial charge in [-0.25, -0.2) is 21.6 Å². The molecule has 0 aromatic heterocycles. The number of benzene rings is 1. The van der Waals surface area contributed by atoms with E-state index in [1.165, 1.54) is 12.1 Å². The van der Waals surface area contributed by atoms with Crippen LogP contribution in [0.3, 0.4) is 0 Å². The Morgan fingerprint density at radius 1 is 1.30 bits per heavy atom. The number of sulfonamides is 1. The maximum atomic E-state index is 12.0. The van der Waals surface area contributed by atoms with Crippen LogP contribution in [0, 0.1) is 5.92 Å². The van der Waals surface area contributed by atoms with Crippen molar-refractivity contribution in [3.05, 3.63) is 29.3 Å². The highest BCUT2D eigenvalue weighted by Gasteiger charge is 2.27. The smallest absolute Gasteiger partial charge is 0.229 e. The first-order valence-electron chi connectivity index (χ1n) is 6.25. The van der Waals surface area contributed by atoms with Crippen LogP contribution >= 0.6 is 11.6 Å². The van der Waals surface area contributed by atoms with Gasteiger partial charge in [0.2, 0.25) is 10.0 Å². The second-order valence-electron chi connectivity index (χ2n) is 4.89. The molecule has 8 heteroatoms. The van der Waals surface area contributed by atoms with Crippen LogP contribution in [0.15, 0.2) is 29.2 Å². The summed E-state index contributed by atoms with van der Waals surface area (Å²) in [6, 6.07) is 6.21. The molecule has 1 aliphatic rings. The van der Waals surface area contributed by atoms with Crippen LogP contribution < -0.4 is 4.72 Å². The summed E-state index contributed by atoms with van der Waals surface area (Å²) in [6.45, 7) is 0.216. The molecule has 20 heavy (non-hydrogen) atoms. The van der Waals surface area contributed by atoms with E-state index in [2.05, 4.69) is 4.72 Å². The van der Waals surface area contributed by atoms with Gasteiger partial charge in [-0.3, -0.25) is 0 Å². The van der Waals surface area contributed by atoms with Gasteiger partial charge in [-0.2, -0.15) is 0 Å². The Balaban J connectivity index is 1.93. The maximum Gasteiger partial charge on any atom is 0.242 e. The maximum absolute atomic E-state index is 12.0. The molecule has 1 aromatic rings. The number of hydrogen-bond donors (Lipinski definition) is 1. The van der Waals surface area contributed by atoms with E-state index in [0.717, 1.165) is 0 Å². The average Bonchev–Trinajstić information content (AvgIpc) is 2.69. The fourth-order valence-electron chi connectivity index (χ4n) is 2.24. The molecule has 1 fully saturated rings. The van der Waals surface area contributed by atoms with Crippen LogP contribution in [0.1, 0.15) is 12.8 Å². The van der Waals surface area contributed by atoms with E-state index in [1.807, 2.05) is 0 Å². The lowest BCUT2D eigenvalue weighted by Gasteiger charge is -2.10. The van der Waals surface area contributed by atoms with E-state index in [0.29, 0.717) is 12.8 Å². The van der Waals surface area contributed by atoms with Crippen molar-refractivity contribution < 1.29 is 16.8 Å². The van der Waals surface area contributed by atoms with E-state index in [9.17, 15) is 16.8 Å². The lowest BCUT2D eigenvalue weighted by atomic mass is 10.1. The van der Waals surface area contributed by atoms with Gasteiger partial charge in [0.25, 0.3) is 0 Å². The van der Waals surface area contributed by atoms with Gasteiger partial charge in [0.1, 0.15) is 4.90 Å². The van der Waals surface area contributed by atoms with Gasteiger partial charge < -0.3 is 0 Å². The lowest BCUT2D eigenvalue weighted by Crippen LogP contribution is -2.26. The lowest BCUT2D eigenvalue weighted by molar-refractivity contribution is 0.527. The van der Waals surface area contributed by atoms with Gasteiger partial charge in [-0.05, 0) is 30.9 Å². The Morgan fingerprint density at radius 2 is 2.00 bits per heavy atom. The van der Waals surface area contributed by atoms with Crippen LogP contribution in [0.5, 0.6) is 0 Å². The summed E-state index contributed by atoms with van der Waals surface area (Å²) in [5, 5.41) is 0.170. The molecule has 0 bridgehead atoms. The standard InChI is InChI=1S/C12H16ClNO4S2/c13-11-3-1-2-4-12(11)20(17,18)14-7-5-10-6-8-19(15,16)9-10/h1-4,10,14H,5-9H2. The van der Waals surface area contributed by atoms with Crippen molar-refractivity contribution in [1.29, 1.82) is 0 Å². The topological polar surface area (TPSA) is 80.3 Å². The predicted octanol–water partition coefficient (Wildman–Crippen LogP) is 1.44. The van der Waals surface area contributed by atoms with Crippen molar-refractivity contribution in [3.63, 3.8) is 0 Å². The SMILES string of the molecule is O=S1(=O)CCC(CCNS(=O)(=O)c2ccccc2Cl)C1. The third-order valence-corrected chi connectivity index (χ3v) is 7.10. The van der Waals surface area contributed by atoms with Crippen molar-refractivity contribution >= 4 is 31.5 Å². The molecular weight excluding hydrogens is 322 g/mol. The normalized spacial score (nSPS) is 21.9. The first-order chi connectivity index (χ1) is 9.30. The Kier molecular flexibility index (Phi) is 4.73. The molecule has 1 saturated heterocycles. The molecular formula is C12H16ClNO4S2. The molecule has 0 radical (unpaired) electrons. The first kappa shape index (κ1) is 15.8. The molecule has 1 unspecified atom stereocenters. The van der Waals surface area contributed by atoms with Gasteiger partial charge in [0.15, 0.2) is 9.84 Å². The Labute approximate surface area is 124 Å². The molecule has 0 amide bonds. The average molecular weight is 338 g/mol. The molecule has 1 atom stereocenters. The monoisotopic (exact) mass is 337 g/mol. The summed E-state index contributed by atoms with van der Waals surface area (Å²) >= 11 is 5.85. The van der Waals surface area contributed by atoms with Gasteiger partial charge in [0, 0.05) is 6.54 Å². The predicted molar refractivity (Wildman–Crippen MR) is 78.0 cm³/mol. The van der Waals surface area contributed by atoms with Crippen LogP contribution in [-0.2, 0) is 19.9 Å². The third-order valence-electron chi connectivity index (χ3n) is 3.30. The number of rotatable bonds is 5. The molecule has 1 heterocycles. The largest absolute Gasteiger partial charge is 0.242 e. The fourth-order valence-corrected chi connectivity index (χ4v) is 5.71. The van der Waals surface area contributed by atoms with Crippen molar-refractivity contribution in [3.8, 4) is 0 Å². The zero-order valence-corrected chi connectivity index (χ0v) is 13.1. The summed E-state index contributed by atoms with van der Waals surface area (Å²) in [6.07, 6.45) is 1.12. The molecule has 5 nitrogen and oxygen atoms in total. The highest BCUT2D eigenvalue weighted by molar-refractivity contribution is 7.91. The molecule has 1 N–H and O–H groups in total. The molecule has 0 saturated carbocycles. The van der Waals surface area contributed by atoms with E-state index < -0.39 is 19.9 Å². The summed E-state index contributed by atoms with van der Waals surface area (Å²) < 4.78 is 49.2. The molecule has 2 rings (SSSR count). The quantitative estimate of drug-likeness (QED) is 0.881. The Bertz CT molecular complexity index is 685. The van der Waals surface area contributed by atoms with Crippen LogP contribution in [0.4, 0.5) is 0 Å². The van der Waals surface area contributed by atoms with Crippen molar-refractivity contribution in [1.82, 2.24) is 4.72 Å². The number of halogens is 1. The van der Waals surface area contributed by atoms with Gasteiger partial charge >= 0.3 is 0 Å². The second kappa shape index (κ2) is 6.01. The first-order valence-corrected chi connectivity index (χ1v) is 9.93. The van der Waals surface area contributed by atoms with Gasteiger partial charge in [-0.15, -0.1) is 0 Å². The van der Waals surface area contributed by atoms with Gasteiger partial charge in [-0.1, -0.05) is 23.7 Å². The number of hydrogen-bond acceptors (Lipinski definition) is 4. The zero-order chi connectivity index (χ0) is 14.8. The minimum Gasteiger partial charge on any atom is -0.229 e. The fraction of sp³-hybridized carbons (Fsp3) is 0.500. The van der Waals surface area contributed by atoms with Crippen molar-refractivity contribution in [2.24, 2.45) is 5.92 Å². The highest BCUT2D eigenvalue weighted by atomic mass is 35.5. The second-order valence-corrected chi connectivity index (χ2v) is 9.26. The third kappa shape index (κ3) is 3.94. The minimum absolute atomic E-state index is 0.0361. The number of sulfone groups is 1. The Hall–Kier alpha value is -0.630. The van der Waals surface area contributed by atoms with E-state index >= 15 is 0 Å². The summed E-state index contributed by atoms with van der Waals surface area (Å²) in [4.78, 5) is 0.0423. The molecule has 0 spiro atoms. The summed E-state index contributed by atoms with van der Waals surface area (Å²) in [7, 11) is -6.56. The van der Waals surface area contributed by atoms with Crippen LogP contribution in [0.2, 0.25) is 5.02 Å². The summed E-state index contributed by atoms with van der Waals surface area (Å²) in [5.74, 6) is 0.393. The minimum atomic E-state index is -3.64. The molecule has 0 aliphatic carbocycles.